The van der Waals surface area contributed by atoms with Crippen LogP contribution in [0.2, 0.25) is 0 Å². The van der Waals surface area contributed by atoms with Gasteiger partial charge in [-0.2, -0.15) is 0 Å². The lowest BCUT2D eigenvalue weighted by atomic mass is 10.1. The van der Waals surface area contributed by atoms with E-state index < -0.39 is 0 Å². The molecule has 2 aromatic carbocycles. The van der Waals surface area contributed by atoms with Crippen molar-refractivity contribution in [3.63, 3.8) is 0 Å². The van der Waals surface area contributed by atoms with E-state index in [1.54, 1.807) is 6.07 Å². The standard InChI is InChI=1S/C20H25NO2/c1-21(15-16-7-3-2-4-8-16)14-13-19(17-11-12-17)23-20-10-6-5-9-18(20)22/h2-10,17,19,22H,11-15H2,1H3. The van der Waals surface area contributed by atoms with E-state index in [-0.39, 0.29) is 11.9 Å². The van der Waals surface area contributed by atoms with Gasteiger partial charge in [0.05, 0.1) is 0 Å². The Morgan fingerprint density at radius 1 is 1.09 bits per heavy atom. The molecule has 1 atom stereocenters. The van der Waals surface area contributed by atoms with Crippen LogP contribution in [0, 0.1) is 5.92 Å². The molecule has 3 rings (SSSR count). The van der Waals surface area contributed by atoms with E-state index in [1.165, 1.54) is 18.4 Å². The molecule has 3 nitrogen and oxygen atoms in total. The number of rotatable bonds is 8. The maximum atomic E-state index is 9.90. The molecule has 1 fully saturated rings. The van der Waals surface area contributed by atoms with Crippen LogP contribution in [0.3, 0.4) is 0 Å². The van der Waals surface area contributed by atoms with E-state index >= 15 is 0 Å². The lowest BCUT2D eigenvalue weighted by Gasteiger charge is -2.23. The summed E-state index contributed by atoms with van der Waals surface area (Å²) in [6.45, 7) is 1.94. The van der Waals surface area contributed by atoms with Crippen molar-refractivity contribution in [1.29, 1.82) is 0 Å². The van der Waals surface area contributed by atoms with Gasteiger partial charge < -0.3 is 14.7 Å². The van der Waals surface area contributed by atoms with Gasteiger partial charge >= 0.3 is 0 Å². The van der Waals surface area contributed by atoms with Crippen LogP contribution in [0.4, 0.5) is 0 Å². The summed E-state index contributed by atoms with van der Waals surface area (Å²) in [7, 11) is 2.15. The molecule has 0 aliphatic heterocycles. The summed E-state index contributed by atoms with van der Waals surface area (Å²) in [5.74, 6) is 1.48. The minimum Gasteiger partial charge on any atom is -0.504 e. The number of ether oxygens (including phenoxy) is 1. The van der Waals surface area contributed by atoms with Crippen LogP contribution in [0.1, 0.15) is 24.8 Å². The summed E-state index contributed by atoms with van der Waals surface area (Å²) in [6, 6.07) is 17.8. The average molecular weight is 311 g/mol. The Kier molecular flexibility index (Phi) is 5.19. The average Bonchev–Trinajstić information content (AvgIpc) is 3.39. The molecule has 0 radical (unpaired) electrons. The Morgan fingerprint density at radius 3 is 2.48 bits per heavy atom. The maximum Gasteiger partial charge on any atom is 0.161 e. The van der Waals surface area contributed by atoms with Crippen molar-refractivity contribution in [1.82, 2.24) is 4.90 Å². The van der Waals surface area contributed by atoms with Crippen LogP contribution in [0.25, 0.3) is 0 Å². The van der Waals surface area contributed by atoms with Crippen molar-refractivity contribution < 1.29 is 9.84 Å². The van der Waals surface area contributed by atoms with Crippen molar-refractivity contribution in [3.8, 4) is 11.5 Å². The van der Waals surface area contributed by atoms with Gasteiger partial charge in [-0.3, -0.25) is 0 Å². The lowest BCUT2D eigenvalue weighted by molar-refractivity contribution is 0.144. The third-order valence-electron chi connectivity index (χ3n) is 4.38. The fourth-order valence-corrected chi connectivity index (χ4v) is 2.90. The SMILES string of the molecule is CN(CCC(Oc1ccccc1O)C1CC1)Cc1ccccc1. The maximum absolute atomic E-state index is 9.90. The predicted molar refractivity (Wildman–Crippen MR) is 92.6 cm³/mol. The first-order valence-corrected chi connectivity index (χ1v) is 8.39. The molecular weight excluding hydrogens is 286 g/mol. The Labute approximate surface area is 138 Å². The van der Waals surface area contributed by atoms with Crippen molar-refractivity contribution >= 4 is 0 Å². The van der Waals surface area contributed by atoms with Gasteiger partial charge in [0.1, 0.15) is 6.10 Å². The zero-order valence-corrected chi connectivity index (χ0v) is 13.7. The molecule has 0 heterocycles. The molecule has 1 N–H and O–H groups in total. The van der Waals surface area contributed by atoms with Gasteiger partial charge in [-0.05, 0) is 49.9 Å². The first-order valence-electron chi connectivity index (χ1n) is 8.39. The Bertz CT molecular complexity index is 610. The largest absolute Gasteiger partial charge is 0.504 e. The lowest BCUT2D eigenvalue weighted by Crippen LogP contribution is -2.27. The topological polar surface area (TPSA) is 32.7 Å². The normalized spacial score (nSPS) is 15.6. The zero-order valence-electron chi connectivity index (χ0n) is 13.7. The third kappa shape index (κ3) is 4.73. The minimum absolute atomic E-state index is 0.196. The van der Waals surface area contributed by atoms with Crippen molar-refractivity contribution in [2.24, 2.45) is 5.92 Å². The third-order valence-corrected chi connectivity index (χ3v) is 4.38. The second kappa shape index (κ2) is 7.51. The van der Waals surface area contributed by atoms with Gasteiger partial charge in [0.25, 0.3) is 0 Å². The molecule has 2 aromatic rings. The van der Waals surface area contributed by atoms with Crippen molar-refractivity contribution in [2.75, 3.05) is 13.6 Å². The van der Waals surface area contributed by atoms with Crippen LogP contribution in [-0.2, 0) is 6.54 Å². The molecule has 23 heavy (non-hydrogen) atoms. The van der Waals surface area contributed by atoms with E-state index in [2.05, 4.69) is 36.2 Å². The number of hydrogen-bond donors (Lipinski definition) is 1. The van der Waals surface area contributed by atoms with Crippen LogP contribution in [0.15, 0.2) is 54.6 Å². The highest BCUT2D eigenvalue weighted by Gasteiger charge is 2.33. The summed E-state index contributed by atoms with van der Waals surface area (Å²) in [5.41, 5.74) is 1.33. The predicted octanol–water partition coefficient (Wildman–Crippen LogP) is 4.07. The molecule has 1 unspecified atom stereocenters. The quantitative estimate of drug-likeness (QED) is 0.797. The summed E-state index contributed by atoms with van der Waals surface area (Å²) in [6.07, 6.45) is 3.66. The molecule has 0 aromatic heterocycles. The molecule has 0 saturated heterocycles. The smallest absolute Gasteiger partial charge is 0.161 e. The number of phenolic OH excluding ortho intramolecular Hbond substituents is 1. The van der Waals surface area contributed by atoms with Gasteiger partial charge in [-0.1, -0.05) is 42.5 Å². The molecule has 3 heteroatoms. The van der Waals surface area contributed by atoms with Crippen molar-refractivity contribution in [3.05, 3.63) is 60.2 Å². The molecular formula is C20H25NO2. The van der Waals surface area contributed by atoms with E-state index in [0.717, 1.165) is 19.5 Å². The Balaban J connectivity index is 1.53. The molecule has 1 saturated carbocycles. The van der Waals surface area contributed by atoms with Gasteiger partial charge in [-0.15, -0.1) is 0 Å². The van der Waals surface area contributed by atoms with E-state index in [0.29, 0.717) is 11.7 Å². The molecule has 122 valence electrons. The van der Waals surface area contributed by atoms with E-state index in [1.807, 2.05) is 24.3 Å². The van der Waals surface area contributed by atoms with Crippen LogP contribution in [0.5, 0.6) is 11.5 Å². The van der Waals surface area contributed by atoms with Gasteiger partial charge in [0, 0.05) is 13.1 Å². The fraction of sp³-hybridized carbons (Fsp3) is 0.400. The second-order valence-corrected chi connectivity index (χ2v) is 6.47. The monoisotopic (exact) mass is 311 g/mol. The summed E-state index contributed by atoms with van der Waals surface area (Å²) < 4.78 is 6.09. The molecule has 0 amide bonds. The Morgan fingerprint density at radius 2 is 1.78 bits per heavy atom. The van der Waals surface area contributed by atoms with Gasteiger partial charge in [0.15, 0.2) is 11.5 Å². The van der Waals surface area contributed by atoms with Crippen LogP contribution < -0.4 is 4.74 Å². The summed E-state index contributed by atoms with van der Waals surface area (Å²) >= 11 is 0. The molecule has 1 aliphatic carbocycles. The number of nitrogens with zero attached hydrogens (tertiary/aromatic N) is 1. The first kappa shape index (κ1) is 15.9. The first-order chi connectivity index (χ1) is 11.2. The summed E-state index contributed by atoms with van der Waals surface area (Å²) in [4.78, 5) is 2.33. The van der Waals surface area contributed by atoms with Gasteiger partial charge in [0.2, 0.25) is 0 Å². The number of hydrogen-bond acceptors (Lipinski definition) is 3. The number of aromatic hydroxyl groups is 1. The highest BCUT2D eigenvalue weighted by atomic mass is 16.5. The molecule has 0 bridgehead atoms. The molecule has 1 aliphatic rings. The van der Waals surface area contributed by atoms with E-state index in [9.17, 15) is 5.11 Å². The van der Waals surface area contributed by atoms with Crippen LogP contribution in [-0.4, -0.2) is 29.7 Å². The summed E-state index contributed by atoms with van der Waals surface area (Å²) in [5, 5.41) is 9.90. The number of para-hydroxylation sites is 2. The Hall–Kier alpha value is -2.00. The number of benzene rings is 2. The fourth-order valence-electron chi connectivity index (χ4n) is 2.90. The number of phenols is 1. The van der Waals surface area contributed by atoms with Gasteiger partial charge in [-0.25, -0.2) is 0 Å². The molecule has 0 spiro atoms. The minimum atomic E-state index is 0.196. The highest BCUT2D eigenvalue weighted by Crippen LogP contribution is 2.38. The van der Waals surface area contributed by atoms with Crippen LogP contribution >= 0.6 is 0 Å². The second-order valence-electron chi connectivity index (χ2n) is 6.47. The zero-order chi connectivity index (χ0) is 16.1. The van der Waals surface area contributed by atoms with E-state index in [4.69, 9.17) is 4.74 Å². The van der Waals surface area contributed by atoms with Crippen molar-refractivity contribution in [2.45, 2.75) is 31.9 Å². The highest BCUT2D eigenvalue weighted by molar-refractivity contribution is 5.38.